The fraction of sp³-hybridized carbons (Fsp3) is 1.00. The van der Waals surface area contributed by atoms with Crippen LogP contribution in [0.3, 0.4) is 0 Å². The summed E-state index contributed by atoms with van der Waals surface area (Å²) in [7, 11) is 0. The van der Waals surface area contributed by atoms with Gasteiger partial charge in [0.05, 0.1) is 51.4 Å². The summed E-state index contributed by atoms with van der Waals surface area (Å²) in [6, 6.07) is 0. The number of rotatable bonds is 16. The number of hydrogen-bond acceptors (Lipinski definition) is 9. The molecule has 8 rings (SSSR count). The first-order valence-electron chi connectivity index (χ1n) is 39.7. The molecular formula is C72H80Cl3F61O9. The summed E-state index contributed by atoms with van der Waals surface area (Å²) >= 11 is 14.6. The Morgan fingerprint density at radius 1 is 0.193 bits per heavy atom. The molecule has 8 aliphatic heterocycles. The van der Waals surface area contributed by atoms with Crippen molar-refractivity contribution in [2.24, 2.45) is 0 Å². The Labute approximate surface area is 791 Å². The maximum Gasteiger partial charge on any atom is 0.491 e. The van der Waals surface area contributed by atoms with Crippen LogP contribution in [0.1, 0.15) is 214 Å². The zero-order valence-corrected chi connectivity index (χ0v) is 77.4. The Hall–Kier alpha value is -3.76. The summed E-state index contributed by atoms with van der Waals surface area (Å²) in [6.07, 6.45) is -65.7. The van der Waals surface area contributed by atoms with E-state index in [9.17, 15) is 268 Å². The molecule has 8 heterocycles. The molecule has 20 unspecified atom stereocenters. The zero-order valence-electron chi connectivity index (χ0n) is 75.2. The van der Waals surface area contributed by atoms with Crippen LogP contribution in [-0.4, -0.2) is 234 Å². The Kier molecular flexibility index (Phi) is 38.3. The minimum absolute atomic E-state index is 0.0322. The van der Waals surface area contributed by atoms with Crippen molar-refractivity contribution in [3.8, 4) is 0 Å². The molecule has 0 aromatic carbocycles. The molecule has 8 aliphatic rings. The lowest BCUT2D eigenvalue weighted by molar-refractivity contribution is -0.539. The van der Waals surface area contributed by atoms with Gasteiger partial charge in [0.25, 0.3) is 51.4 Å². The molecule has 0 radical (unpaired) electrons. The lowest BCUT2D eigenvalue weighted by atomic mass is 9.74. The fourth-order valence-electron chi connectivity index (χ4n) is 13.3. The maximum absolute atomic E-state index is 14.1. The van der Waals surface area contributed by atoms with Gasteiger partial charge < -0.3 is 0 Å². The highest BCUT2D eigenvalue weighted by atomic mass is 35.5. The van der Waals surface area contributed by atoms with E-state index in [1.165, 1.54) is 0 Å². The summed E-state index contributed by atoms with van der Waals surface area (Å²) < 4.78 is 828. The average molecular weight is 2350 g/mol. The molecule has 0 amide bonds. The van der Waals surface area contributed by atoms with Gasteiger partial charge in [0.2, 0.25) is 11.5 Å². The Morgan fingerprint density at radius 3 is 0.669 bits per heavy atom. The third-order valence-corrected chi connectivity index (χ3v) is 24.3. The van der Waals surface area contributed by atoms with Crippen molar-refractivity contribution < 1.29 is 310 Å². The van der Waals surface area contributed by atoms with E-state index in [1.807, 2.05) is 0 Å². The highest BCUT2D eigenvalue weighted by molar-refractivity contribution is 6.48. The van der Waals surface area contributed by atoms with Crippen molar-refractivity contribution in [2.75, 3.05) is 0 Å². The van der Waals surface area contributed by atoms with Crippen LogP contribution in [0.25, 0.3) is 0 Å². The van der Waals surface area contributed by atoms with Gasteiger partial charge in [-0.2, -0.15) is 114 Å². The quantitative estimate of drug-likeness (QED) is 0.111. The second-order valence-corrected chi connectivity index (χ2v) is 36.2. The average Bonchev–Trinajstić information content (AvgIpc) is 1.46. The van der Waals surface area contributed by atoms with E-state index >= 15 is 0 Å². The standard InChI is InChI=1S/2C10H10F10O.C9H10Cl2F6O.C9H10ClF7O.2C9H10F8O.C8H10F6O2.C8H10F6O/c1-3-6(13)4-7(14,5(2,11)12)21-9(17,8(6,15)16)10(18,19)20;1-3-6(13)4-7(14,5(2,11)12)21-10(19,20)8(6,15)9(16,17)18;1-3-6(14)4-7(15,5(2,12)13)18-9(10,11)8(6,16)17;1-3-6(13)4-7(14,5(2,11)12)18-9(10,17)8(6,15)16;1-3-6(12)4-7(13,5(2,10)11)18-8(6,14)9(15,16)17;1-3-6(12)4-7(13,5(2,10)11)18-9(16,17)8(6,14)15;1-3-6(11)4-7(12,5(2,9)10)16-8(13,14)15-6;1-3-6(11)4-7(12,5(2,9)10)15-8(6,13)14/h2*3-4H2,1-2H3;4*3-4H2,1-2H3;3-4H2,1-2H3;3-4H2,1-2H3. The molecule has 870 valence electrons. The normalized spacial score (nSPS) is 41.2. The summed E-state index contributed by atoms with van der Waals surface area (Å²) in [4.78, 5) is 0. The van der Waals surface area contributed by atoms with Crippen molar-refractivity contribution >= 4 is 34.8 Å². The number of halogens is 64. The van der Waals surface area contributed by atoms with Crippen LogP contribution >= 0.6 is 34.8 Å². The van der Waals surface area contributed by atoms with Crippen LogP contribution < -0.4 is 0 Å². The molecule has 0 aromatic heterocycles. The Morgan fingerprint density at radius 2 is 0.414 bits per heavy atom. The molecule has 0 saturated carbocycles. The number of ether oxygens (including phenoxy) is 9. The zero-order chi connectivity index (χ0) is 118. The van der Waals surface area contributed by atoms with Crippen LogP contribution in [0.15, 0.2) is 0 Å². The molecule has 0 N–H and O–H groups in total. The summed E-state index contributed by atoms with van der Waals surface area (Å²) in [6.45, 7) is 5.65. The van der Waals surface area contributed by atoms with E-state index in [4.69, 9.17) is 23.2 Å². The maximum atomic E-state index is 14.1. The largest absolute Gasteiger partial charge is 0.491 e. The molecule has 0 spiro atoms. The molecule has 20 atom stereocenters. The molecule has 73 heteroatoms. The molecular weight excluding hydrogens is 2270 g/mol. The van der Waals surface area contributed by atoms with Gasteiger partial charge in [0, 0.05) is 61.8 Å². The van der Waals surface area contributed by atoms with Gasteiger partial charge in [-0.25, -0.2) is 145 Å². The third-order valence-electron chi connectivity index (χ3n) is 23.4. The Bertz CT molecular complexity index is 4150. The fourth-order valence-corrected chi connectivity index (χ4v) is 14.1. The van der Waals surface area contributed by atoms with Gasteiger partial charge in [-0.05, 0) is 56.5 Å². The first kappa shape index (κ1) is 139. The van der Waals surface area contributed by atoms with E-state index in [0.29, 0.717) is 13.8 Å². The van der Waals surface area contributed by atoms with Gasteiger partial charge >= 0.3 is 137 Å². The third kappa shape index (κ3) is 24.7. The van der Waals surface area contributed by atoms with Crippen molar-refractivity contribution in [2.45, 2.75) is 447 Å². The van der Waals surface area contributed by atoms with Gasteiger partial charge in [0.1, 0.15) is 0 Å². The number of alkyl halides is 64. The van der Waals surface area contributed by atoms with Crippen LogP contribution in [0.5, 0.6) is 0 Å². The summed E-state index contributed by atoms with van der Waals surface area (Å²) in [5.41, 5.74) is -34.0. The van der Waals surface area contributed by atoms with Crippen LogP contribution in [0.4, 0.5) is 268 Å². The molecule has 8 saturated heterocycles. The molecule has 0 bridgehead atoms. The highest BCUT2D eigenvalue weighted by Crippen LogP contribution is 2.71. The Balaban J connectivity index is 0.000000830. The van der Waals surface area contributed by atoms with Crippen LogP contribution in [0.2, 0.25) is 0 Å². The molecule has 145 heavy (non-hydrogen) atoms. The minimum Gasteiger partial charge on any atom is -0.299 e. The van der Waals surface area contributed by atoms with Crippen molar-refractivity contribution in [3.63, 3.8) is 0 Å². The van der Waals surface area contributed by atoms with E-state index in [-0.39, 0.29) is 55.4 Å². The second kappa shape index (κ2) is 39.8. The predicted octanol–water partition coefficient (Wildman–Crippen LogP) is 33.3. The van der Waals surface area contributed by atoms with Gasteiger partial charge in [-0.1, -0.05) is 78.6 Å². The van der Waals surface area contributed by atoms with Gasteiger partial charge in [-0.3, -0.25) is 42.6 Å². The molecule has 0 aliphatic carbocycles. The van der Waals surface area contributed by atoms with Crippen molar-refractivity contribution in [1.29, 1.82) is 0 Å². The monoisotopic (exact) mass is 2350 g/mol. The number of hydrogen-bond donors (Lipinski definition) is 0. The molecule has 8 fully saturated rings. The molecule has 9 nitrogen and oxygen atoms in total. The van der Waals surface area contributed by atoms with Gasteiger partial charge in [-0.15, -0.1) is 8.78 Å². The van der Waals surface area contributed by atoms with E-state index in [1.54, 1.807) is 0 Å². The van der Waals surface area contributed by atoms with E-state index < -0.39 is 337 Å². The van der Waals surface area contributed by atoms with Crippen LogP contribution in [-0.2, 0) is 42.6 Å². The highest BCUT2D eigenvalue weighted by Gasteiger charge is 2.92. The minimum atomic E-state index is -6.63. The summed E-state index contributed by atoms with van der Waals surface area (Å²) in [5.74, 6) is -106. The van der Waals surface area contributed by atoms with E-state index in [0.717, 1.165) is 41.5 Å². The van der Waals surface area contributed by atoms with Gasteiger partial charge in [0.15, 0.2) is 34.0 Å². The smallest absolute Gasteiger partial charge is 0.299 e. The van der Waals surface area contributed by atoms with Crippen LogP contribution in [0, 0.1) is 0 Å². The topological polar surface area (TPSA) is 83.1 Å². The SMILES string of the molecule is CCC1(F)CC(F)(C(C)(F)F)OC(Cl)(Cl)C1(F)F.CCC1(F)CC(F)(C(C)(F)F)OC(F)(C(F)(F)F)C1(F)F.CCC1(F)CC(F)(C(C)(F)F)OC(F)(Cl)C1(F)F.CCC1(F)CC(F)(C(C)(F)F)OC(F)(F)C1(F)C(F)(F)F.CCC1(F)CC(F)(C(C)(F)F)OC(F)(F)C1(F)F.CCC1(F)CC(F)(C(C)(F)F)OC(F)(F)O1.CCC1(F)CC(F)(C(C)(F)F)OC1(F)C(F)(F)F.CCC1(F)CC(F)(C(C)(F)F)OC1(F)F. The summed E-state index contributed by atoms with van der Waals surface area (Å²) in [5, 5.41) is -4.69. The van der Waals surface area contributed by atoms with E-state index in [2.05, 4.69) is 54.2 Å². The first-order valence-corrected chi connectivity index (χ1v) is 40.8. The lowest BCUT2D eigenvalue weighted by Gasteiger charge is -2.52. The lowest BCUT2D eigenvalue weighted by Crippen LogP contribution is -2.76. The second-order valence-electron chi connectivity index (χ2n) is 34.4. The first-order chi connectivity index (χ1) is 62.3. The predicted molar refractivity (Wildman–Crippen MR) is 369 cm³/mol. The van der Waals surface area contributed by atoms with Crippen molar-refractivity contribution in [3.05, 3.63) is 0 Å². The molecule has 0 aromatic rings. The van der Waals surface area contributed by atoms with Crippen molar-refractivity contribution in [1.82, 2.24) is 0 Å².